The number of carbonyl (C=O) groups is 3. The van der Waals surface area contributed by atoms with E-state index in [-0.39, 0.29) is 29.6 Å². The molecule has 2 aliphatic rings. The number of aromatic carboxylic acids is 1. The van der Waals surface area contributed by atoms with Crippen molar-refractivity contribution in [1.82, 2.24) is 15.6 Å². The molecule has 1 unspecified atom stereocenters. The average Bonchev–Trinajstić information content (AvgIpc) is 3.28. The van der Waals surface area contributed by atoms with Crippen molar-refractivity contribution < 1.29 is 24.2 Å². The smallest absolute Gasteiger partial charge is 0.356 e. The number of pyridine rings is 1. The van der Waals surface area contributed by atoms with E-state index in [1.807, 2.05) is 13.0 Å². The molecule has 0 spiro atoms. The first-order chi connectivity index (χ1) is 16.8. The summed E-state index contributed by atoms with van der Waals surface area (Å²) in [5.74, 6) is -0.601. The number of nitrogens with one attached hydrogen (secondary N) is 3. The van der Waals surface area contributed by atoms with Crippen LogP contribution in [0.15, 0.2) is 24.4 Å². The van der Waals surface area contributed by atoms with E-state index < -0.39 is 12.0 Å². The van der Waals surface area contributed by atoms with Gasteiger partial charge in [-0.15, -0.1) is 11.3 Å². The summed E-state index contributed by atoms with van der Waals surface area (Å²) in [6.45, 7) is 1.88. The summed E-state index contributed by atoms with van der Waals surface area (Å²) >= 11 is 1.31. The maximum atomic E-state index is 13.1. The van der Waals surface area contributed by atoms with Crippen LogP contribution in [0.1, 0.15) is 82.9 Å². The van der Waals surface area contributed by atoms with Gasteiger partial charge in [0.15, 0.2) is 5.69 Å². The van der Waals surface area contributed by atoms with Gasteiger partial charge in [-0.1, -0.05) is 25.7 Å². The van der Waals surface area contributed by atoms with Gasteiger partial charge in [-0.05, 0) is 44.2 Å². The van der Waals surface area contributed by atoms with Gasteiger partial charge in [0.2, 0.25) is 5.91 Å². The van der Waals surface area contributed by atoms with Crippen LogP contribution < -0.4 is 20.7 Å². The molecule has 2 fully saturated rings. The van der Waals surface area contributed by atoms with E-state index in [1.165, 1.54) is 37.5 Å². The molecule has 10 heteroatoms. The van der Waals surface area contributed by atoms with Crippen LogP contribution >= 0.6 is 11.3 Å². The molecule has 2 aromatic rings. The van der Waals surface area contributed by atoms with E-state index in [0.29, 0.717) is 28.7 Å². The van der Waals surface area contributed by atoms with Crippen molar-refractivity contribution >= 4 is 34.8 Å². The highest BCUT2D eigenvalue weighted by Gasteiger charge is 2.31. The number of hydrogen-bond acceptors (Lipinski definition) is 7. The fourth-order valence-electron chi connectivity index (χ4n) is 4.42. The lowest BCUT2D eigenvalue weighted by atomic mass is 9.97. The van der Waals surface area contributed by atoms with Gasteiger partial charge in [0, 0.05) is 17.0 Å². The first-order valence-corrected chi connectivity index (χ1v) is 12.9. The molecule has 9 nitrogen and oxygen atoms in total. The molecule has 4 rings (SSSR count). The number of carboxylic acids is 1. The Balaban J connectivity index is 1.43. The SMILES string of the molecule is COc1cnc(C(=O)O)c(NC(C)c2ccc(C(=O)N[C@@H](CC3CCCC3)C(=O)NC3CC3)s2)c1. The molecule has 2 heterocycles. The Morgan fingerprint density at radius 3 is 2.60 bits per heavy atom. The van der Waals surface area contributed by atoms with Crippen molar-refractivity contribution in [3.05, 3.63) is 39.8 Å². The second-order valence-corrected chi connectivity index (χ2v) is 10.5. The van der Waals surface area contributed by atoms with Crippen LogP contribution in [-0.2, 0) is 4.79 Å². The first-order valence-electron chi connectivity index (χ1n) is 12.1. The number of ether oxygens (including phenoxy) is 1. The number of rotatable bonds is 11. The maximum absolute atomic E-state index is 13.1. The topological polar surface area (TPSA) is 130 Å². The minimum atomic E-state index is -1.15. The molecule has 2 atom stereocenters. The molecule has 35 heavy (non-hydrogen) atoms. The fraction of sp³-hybridized carbons (Fsp3) is 0.520. The molecule has 2 saturated carbocycles. The third-order valence-corrected chi connectivity index (χ3v) is 7.81. The molecule has 2 aromatic heterocycles. The minimum absolute atomic E-state index is 0.0914. The third kappa shape index (κ3) is 6.50. The number of anilines is 1. The van der Waals surface area contributed by atoms with Crippen LogP contribution in [0.3, 0.4) is 0 Å². The standard InChI is InChI=1S/C25H32N4O5S/c1-14(27-18-12-17(34-2)13-26-22(18)25(32)33)20-9-10-21(35-20)24(31)29-19(11-15-5-3-4-6-15)23(30)28-16-7-8-16/h9-10,12-16,19,27H,3-8,11H2,1-2H3,(H,28,30)(H,29,31)(H,32,33)/t14?,19-/m0/s1. The quantitative estimate of drug-likeness (QED) is 0.367. The molecule has 2 aliphatic carbocycles. The van der Waals surface area contributed by atoms with Crippen LogP contribution in [0.25, 0.3) is 0 Å². The predicted molar refractivity (Wildman–Crippen MR) is 133 cm³/mol. The lowest BCUT2D eigenvalue weighted by molar-refractivity contribution is -0.123. The number of amides is 2. The number of hydrogen-bond donors (Lipinski definition) is 4. The second kappa shape index (κ2) is 11.1. The first kappa shape index (κ1) is 25.0. The molecule has 0 aliphatic heterocycles. The normalized spacial score (nSPS) is 17.4. The molecule has 4 N–H and O–H groups in total. The largest absolute Gasteiger partial charge is 0.495 e. The molecule has 0 saturated heterocycles. The molecular formula is C25H32N4O5S. The Morgan fingerprint density at radius 1 is 1.20 bits per heavy atom. The summed E-state index contributed by atoms with van der Waals surface area (Å²) in [5.41, 5.74) is 0.223. The number of thiophene rings is 1. The summed E-state index contributed by atoms with van der Waals surface area (Å²) in [4.78, 5) is 42.7. The zero-order valence-electron chi connectivity index (χ0n) is 20.0. The molecule has 0 aromatic carbocycles. The van der Waals surface area contributed by atoms with E-state index in [2.05, 4.69) is 20.9 Å². The highest BCUT2D eigenvalue weighted by Crippen LogP contribution is 2.31. The Hall–Kier alpha value is -3.14. The molecule has 0 bridgehead atoms. The summed E-state index contributed by atoms with van der Waals surface area (Å²) in [6.07, 6.45) is 8.60. The van der Waals surface area contributed by atoms with E-state index in [0.717, 1.165) is 30.6 Å². The Morgan fingerprint density at radius 2 is 1.94 bits per heavy atom. The van der Waals surface area contributed by atoms with E-state index in [4.69, 9.17) is 4.74 Å². The molecule has 188 valence electrons. The maximum Gasteiger partial charge on any atom is 0.356 e. The fourth-order valence-corrected chi connectivity index (χ4v) is 5.33. The van der Waals surface area contributed by atoms with Gasteiger partial charge in [-0.3, -0.25) is 9.59 Å². The van der Waals surface area contributed by atoms with Gasteiger partial charge in [0.1, 0.15) is 11.8 Å². The van der Waals surface area contributed by atoms with Gasteiger partial charge >= 0.3 is 5.97 Å². The highest BCUT2D eigenvalue weighted by atomic mass is 32.1. The number of nitrogens with zero attached hydrogens (tertiary/aromatic N) is 1. The van der Waals surface area contributed by atoms with Crippen LogP contribution in [-0.4, -0.2) is 47.1 Å². The second-order valence-electron chi connectivity index (χ2n) is 9.34. The van der Waals surface area contributed by atoms with Gasteiger partial charge in [0.25, 0.3) is 5.91 Å². The van der Waals surface area contributed by atoms with Crippen molar-refractivity contribution in [3.63, 3.8) is 0 Å². The van der Waals surface area contributed by atoms with E-state index in [9.17, 15) is 19.5 Å². The van der Waals surface area contributed by atoms with Gasteiger partial charge in [0.05, 0.1) is 29.9 Å². The van der Waals surface area contributed by atoms with Crippen LogP contribution in [0.4, 0.5) is 5.69 Å². The summed E-state index contributed by atoms with van der Waals surface area (Å²) in [7, 11) is 1.49. The van der Waals surface area contributed by atoms with Crippen molar-refractivity contribution in [2.75, 3.05) is 12.4 Å². The Kier molecular flexibility index (Phi) is 7.90. The average molecular weight is 501 g/mol. The minimum Gasteiger partial charge on any atom is -0.495 e. The van der Waals surface area contributed by atoms with Crippen LogP contribution in [0, 0.1) is 5.92 Å². The lowest BCUT2D eigenvalue weighted by Crippen LogP contribution is -2.48. The van der Waals surface area contributed by atoms with Crippen molar-refractivity contribution in [2.45, 2.75) is 70.0 Å². The Labute approximate surface area is 208 Å². The van der Waals surface area contributed by atoms with E-state index in [1.54, 1.807) is 12.1 Å². The molecule has 0 radical (unpaired) electrons. The number of methoxy groups -OCH3 is 1. The number of carbonyl (C=O) groups excluding carboxylic acids is 2. The summed E-state index contributed by atoms with van der Waals surface area (Å²) in [6, 6.07) is 4.59. The third-order valence-electron chi connectivity index (χ3n) is 6.54. The summed E-state index contributed by atoms with van der Waals surface area (Å²) < 4.78 is 5.17. The molecular weight excluding hydrogens is 468 g/mol. The Bertz CT molecular complexity index is 1080. The lowest BCUT2D eigenvalue weighted by Gasteiger charge is -2.21. The van der Waals surface area contributed by atoms with E-state index >= 15 is 0 Å². The van der Waals surface area contributed by atoms with Crippen LogP contribution in [0.2, 0.25) is 0 Å². The van der Waals surface area contributed by atoms with Gasteiger partial charge in [-0.25, -0.2) is 9.78 Å². The van der Waals surface area contributed by atoms with Crippen molar-refractivity contribution in [1.29, 1.82) is 0 Å². The zero-order valence-corrected chi connectivity index (χ0v) is 20.8. The van der Waals surface area contributed by atoms with Crippen molar-refractivity contribution in [3.8, 4) is 5.75 Å². The predicted octanol–water partition coefficient (Wildman–Crippen LogP) is 3.98. The number of aromatic nitrogens is 1. The number of carboxylic acid groups (broad SMARTS) is 1. The van der Waals surface area contributed by atoms with Crippen molar-refractivity contribution in [2.24, 2.45) is 5.92 Å². The highest BCUT2D eigenvalue weighted by molar-refractivity contribution is 7.14. The molecule has 2 amide bonds. The van der Waals surface area contributed by atoms with Gasteiger partial charge in [-0.2, -0.15) is 0 Å². The monoisotopic (exact) mass is 500 g/mol. The summed E-state index contributed by atoms with van der Waals surface area (Å²) in [5, 5.41) is 18.6. The van der Waals surface area contributed by atoms with Gasteiger partial charge < -0.3 is 25.8 Å². The van der Waals surface area contributed by atoms with Crippen LogP contribution in [0.5, 0.6) is 5.75 Å². The zero-order chi connectivity index (χ0) is 24.9.